The number of benzene rings is 1. The smallest absolute Gasteiger partial charge is 0.0743 e. The van der Waals surface area contributed by atoms with Crippen LogP contribution in [0.25, 0.3) is 10.9 Å². The van der Waals surface area contributed by atoms with E-state index in [0.717, 1.165) is 11.2 Å². The van der Waals surface area contributed by atoms with Gasteiger partial charge in [0.05, 0.1) is 5.52 Å². The number of pyridine rings is 1. The van der Waals surface area contributed by atoms with Crippen LogP contribution in [0.4, 0.5) is 11.4 Å². The Hall–Kier alpha value is -1.77. The van der Waals surface area contributed by atoms with Crippen molar-refractivity contribution in [2.24, 2.45) is 5.41 Å². The van der Waals surface area contributed by atoms with E-state index in [1.807, 2.05) is 18.3 Å². The molecule has 1 heterocycles. The normalized spacial score (nSPS) is 18.8. The lowest BCUT2D eigenvalue weighted by molar-refractivity contribution is 0.223. The lowest BCUT2D eigenvalue weighted by Gasteiger charge is -2.39. The van der Waals surface area contributed by atoms with Crippen LogP contribution >= 0.6 is 0 Å². The van der Waals surface area contributed by atoms with Crippen LogP contribution in [0.15, 0.2) is 30.5 Å². The topological polar surface area (TPSA) is 42.2 Å². The number of nitrogen functional groups attached to an aromatic ring is 1. The summed E-state index contributed by atoms with van der Waals surface area (Å²) in [4.78, 5) is 6.89. The summed E-state index contributed by atoms with van der Waals surface area (Å²) in [5.74, 6) is 0. The van der Waals surface area contributed by atoms with Crippen molar-refractivity contribution in [2.45, 2.75) is 45.6 Å². The molecule has 3 nitrogen and oxygen atoms in total. The summed E-state index contributed by atoms with van der Waals surface area (Å²) in [7, 11) is 2.22. The molecule has 1 saturated carbocycles. The van der Waals surface area contributed by atoms with Crippen LogP contribution in [0.2, 0.25) is 0 Å². The van der Waals surface area contributed by atoms with Gasteiger partial charge in [0.25, 0.3) is 0 Å². The highest BCUT2D eigenvalue weighted by Gasteiger charge is 2.29. The Balaban J connectivity index is 1.90. The van der Waals surface area contributed by atoms with Gasteiger partial charge in [-0.3, -0.25) is 4.98 Å². The van der Waals surface area contributed by atoms with Crippen molar-refractivity contribution in [2.75, 3.05) is 17.7 Å². The van der Waals surface area contributed by atoms with Gasteiger partial charge in [-0.25, -0.2) is 0 Å². The van der Waals surface area contributed by atoms with E-state index in [9.17, 15) is 0 Å². The molecule has 0 radical (unpaired) electrons. The fraction of sp³-hybridized carbons (Fsp3) is 0.500. The van der Waals surface area contributed by atoms with Crippen LogP contribution in [-0.2, 0) is 0 Å². The fourth-order valence-electron chi connectivity index (χ4n) is 3.43. The molecule has 0 spiro atoms. The third-order valence-electron chi connectivity index (χ3n) is 4.98. The van der Waals surface area contributed by atoms with Crippen molar-refractivity contribution < 1.29 is 0 Å². The summed E-state index contributed by atoms with van der Waals surface area (Å²) >= 11 is 0. The number of fused-ring (bicyclic) bond motifs is 1. The number of nitrogens with two attached hydrogens (primary N) is 1. The first-order chi connectivity index (χ1) is 9.96. The summed E-state index contributed by atoms with van der Waals surface area (Å²) in [6.07, 6.45) is 7.03. The maximum Gasteiger partial charge on any atom is 0.0743 e. The molecular formula is C18H25N3. The Morgan fingerprint density at radius 2 is 1.90 bits per heavy atom. The number of anilines is 2. The molecule has 0 aliphatic heterocycles. The Kier molecular flexibility index (Phi) is 3.52. The molecule has 2 N–H and O–H groups in total. The molecule has 3 rings (SSSR count). The molecule has 3 heteroatoms. The molecule has 112 valence electrons. The lowest BCUT2D eigenvalue weighted by Crippen LogP contribution is -2.37. The molecule has 1 fully saturated rings. The molecule has 0 atom stereocenters. The summed E-state index contributed by atoms with van der Waals surface area (Å²) in [6, 6.07) is 8.76. The highest BCUT2D eigenvalue weighted by Crippen LogP contribution is 2.38. The number of hydrogen-bond acceptors (Lipinski definition) is 3. The summed E-state index contributed by atoms with van der Waals surface area (Å²) in [6.45, 7) is 4.77. The molecular weight excluding hydrogens is 258 g/mol. The molecule has 0 bridgehead atoms. The first-order valence-electron chi connectivity index (χ1n) is 7.83. The summed E-state index contributed by atoms with van der Waals surface area (Å²) in [5.41, 5.74) is 9.40. The number of hydrogen-bond donors (Lipinski definition) is 1. The van der Waals surface area contributed by atoms with Crippen LogP contribution in [-0.4, -0.2) is 18.1 Å². The molecule has 1 aromatic heterocycles. The Morgan fingerprint density at radius 1 is 1.19 bits per heavy atom. The van der Waals surface area contributed by atoms with Gasteiger partial charge >= 0.3 is 0 Å². The van der Waals surface area contributed by atoms with Gasteiger partial charge in [-0.15, -0.1) is 0 Å². The second kappa shape index (κ2) is 5.21. The maximum absolute atomic E-state index is 5.87. The third-order valence-corrected chi connectivity index (χ3v) is 4.98. The van der Waals surface area contributed by atoms with Crippen molar-refractivity contribution in [1.82, 2.24) is 4.98 Å². The van der Waals surface area contributed by atoms with E-state index >= 15 is 0 Å². The van der Waals surface area contributed by atoms with Crippen molar-refractivity contribution in [3.05, 3.63) is 30.5 Å². The molecule has 0 amide bonds. The SMILES string of the molecule is CN(c1ccnc2cc(N)ccc12)C1CCC(C)(C)CC1. The van der Waals surface area contributed by atoms with E-state index in [0.29, 0.717) is 11.5 Å². The lowest BCUT2D eigenvalue weighted by atomic mass is 9.75. The van der Waals surface area contributed by atoms with Gasteiger partial charge in [0.1, 0.15) is 0 Å². The average Bonchev–Trinajstić information content (AvgIpc) is 2.45. The zero-order chi connectivity index (χ0) is 15.0. The molecule has 1 aliphatic carbocycles. The van der Waals surface area contributed by atoms with E-state index in [2.05, 4.69) is 42.9 Å². The summed E-state index contributed by atoms with van der Waals surface area (Å²) in [5, 5.41) is 1.19. The predicted octanol–water partition coefficient (Wildman–Crippen LogP) is 4.22. The average molecular weight is 283 g/mol. The molecule has 1 aromatic carbocycles. The van der Waals surface area contributed by atoms with Gasteiger partial charge in [0.15, 0.2) is 0 Å². The quantitative estimate of drug-likeness (QED) is 0.839. The number of aromatic nitrogens is 1. The minimum absolute atomic E-state index is 0.506. The predicted molar refractivity (Wildman–Crippen MR) is 90.6 cm³/mol. The summed E-state index contributed by atoms with van der Waals surface area (Å²) < 4.78 is 0. The van der Waals surface area contributed by atoms with Gasteiger partial charge in [0.2, 0.25) is 0 Å². The number of rotatable bonds is 2. The van der Waals surface area contributed by atoms with Crippen molar-refractivity contribution in [3.8, 4) is 0 Å². The monoisotopic (exact) mass is 283 g/mol. The second-order valence-electron chi connectivity index (χ2n) is 7.11. The molecule has 2 aromatic rings. The standard InChI is InChI=1S/C18H25N3/c1-18(2)9-6-14(7-10-18)21(3)17-8-11-20-16-12-13(19)4-5-15(16)17/h4-5,8,11-12,14H,6-7,9-10,19H2,1-3H3. The highest BCUT2D eigenvalue weighted by molar-refractivity contribution is 5.93. The first-order valence-corrected chi connectivity index (χ1v) is 7.83. The third kappa shape index (κ3) is 2.82. The van der Waals surface area contributed by atoms with Gasteiger partial charge in [-0.1, -0.05) is 13.8 Å². The number of nitrogens with zero attached hydrogens (tertiary/aromatic N) is 2. The van der Waals surface area contributed by atoms with Gasteiger partial charge < -0.3 is 10.6 Å². The van der Waals surface area contributed by atoms with Gasteiger partial charge in [-0.2, -0.15) is 0 Å². The van der Waals surface area contributed by atoms with E-state index in [1.54, 1.807) is 0 Å². The molecule has 1 aliphatic rings. The second-order valence-corrected chi connectivity index (χ2v) is 7.11. The minimum Gasteiger partial charge on any atom is -0.399 e. The molecule has 0 saturated heterocycles. The van der Waals surface area contributed by atoms with Gasteiger partial charge in [-0.05, 0) is 55.4 Å². The molecule has 21 heavy (non-hydrogen) atoms. The van der Waals surface area contributed by atoms with Crippen molar-refractivity contribution >= 4 is 22.3 Å². The minimum atomic E-state index is 0.506. The Morgan fingerprint density at radius 3 is 2.62 bits per heavy atom. The van der Waals surface area contributed by atoms with Crippen LogP contribution in [0.5, 0.6) is 0 Å². The van der Waals surface area contributed by atoms with E-state index in [4.69, 9.17) is 5.73 Å². The Labute approximate surface area is 127 Å². The fourth-order valence-corrected chi connectivity index (χ4v) is 3.43. The van der Waals surface area contributed by atoms with Crippen molar-refractivity contribution in [1.29, 1.82) is 0 Å². The zero-order valence-corrected chi connectivity index (χ0v) is 13.3. The van der Waals surface area contributed by atoms with Gasteiger partial charge in [0, 0.05) is 36.0 Å². The van der Waals surface area contributed by atoms with Crippen LogP contribution in [0, 0.1) is 5.41 Å². The molecule has 0 unspecified atom stereocenters. The van der Waals surface area contributed by atoms with Crippen LogP contribution < -0.4 is 10.6 Å². The largest absolute Gasteiger partial charge is 0.399 e. The van der Waals surface area contributed by atoms with E-state index in [-0.39, 0.29) is 0 Å². The highest BCUT2D eigenvalue weighted by atomic mass is 15.1. The maximum atomic E-state index is 5.87. The van der Waals surface area contributed by atoms with E-state index in [1.165, 1.54) is 36.8 Å². The van der Waals surface area contributed by atoms with E-state index < -0.39 is 0 Å². The van der Waals surface area contributed by atoms with Crippen LogP contribution in [0.1, 0.15) is 39.5 Å². The van der Waals surface area contributed by atoms with Crippen LogP contribution in [0.3, 0.4) is 0 Å². The first kappa shape index (κ1) is 14.2. The zero-order valence-electron chi connectivity index (χ0n) is 13.3. The Bertz CT molecular complexity index is 638. The van der Waals surface area contributed by atoms with Crippen molar-refractivity contribution in [3.63, 3.8) is 0 Å².